The Hall–Kier alpha value is -2.70. The maximum atomic E-state index is 12.1. The first kappa shape index (κ1) is 16.2. The van der Waals surface area contributed by atoms with Crippen molar-refractivity contribution in [2.75, 3.05) is 5.73 Å². The highest BCUT2D eigenvalue weighted by Gasteiger charge is 2.50. The first-order valence-electron chi connectivity index (χ1n) is 7.87. The number of hydrogen-bond acceptors (Lipinski definition) is 5. The van der Waals surface area contributed by atoms with E-state index in [2.05, 4.69) is 30.5 Å². The average Bonchev–Trinajstić information content (AvgIpc) is 2.54. The van der Waals surface area contributed by atoms with Crippen molar-refractivity contribution in [2.45, 2.75) is 26.7 Å². The van der Waals surface area contributed by atoms with Crippen LogP contribution in [0.25, 0.3) is 0 Å². The molecular weight excluding hydrogens is 308 g/mol. The van der Waals surface area contributed by atoms with E-state index in [-0.39, 0.29) is 22.4 Å². The lowest BCUT2D eigenvalue weighted by Gasteiger charge is -2.55. The standard InChI is InChI=1S/C17H20N4O3/c1-17(2)12-4-3-10(15(17)7-12)9-19-20-16(22)11-5-13(18)8-14(6-11)21(23)24/h3,5-6,8-9,12,15H,4,7,18H2,1-2H3,(H,20,22). The van der Waals surface area contributed by atoms with E-state index in [4.69, 9.17) is 5.73 Å². The molecule has 1 saturated carbocycles. The predicted molar refractivity (Wildman–Crippen MR) is 91.5 cm³/mol. The van der Waals surface area contributed by atoms with E-state index in [0.717, 1.165) is 17.9 Å². The van der Waals surface area contributed by atoms with E-state index in [0.29, 0.717) is 5.92 Å². The Kier molecular flexibility index (Phi) is 3.87. The zero-order valence-corrected chi connectivity index (χ0v) is 13.7. The summed E-state index contributed by atoms with van der Waals surface area (Å²) >= 11 is 0. The molecular formula is C17H20N4O3. The molecule has 0 spiro atoms. The number of non-ortho nitro benzene ring substituents is 1. The molecule has 7 heteroatoms. The van der Waals surface area contributed by atoms with Crippen molar-refractivity contribution in [1.29, 1.82) is 0 Å². The quantitative estimate of drug-likeness (QED) is 0.383. The Morgan fingerprint density at radius 3 is 2.83 bits per heavy atom. The second-order valence-electron chi connectivity index (χ2n) is 7.02. The van der Waals surface area contributed by atoms with Crippen molar-refractivity contribution in [2.24, 2.45) is 22.4 Å². The van der Waals surface area contributed by atoms with Gasteiger partial charge >= 0.3 is 0 Å². The van der Waals surface area contributed by atoms with Crippen molar-refractivity contribution < 1.29 is 9.72 Å². The highest BCUT2D eigenvalue weighted by molar-refractivity contribution is 5.96. The molecule has 4 rings (SSSR count). The third-order valence-corrected chi connectivity index (χ3v) is 5.30. The summed E-state index contributed by atoms with van der Waals surface area (Å²) in [5.74, 6) is 0.691. The topological polar surface area (TPSA) is 111 Å². The second kappa shape index (κ2) is 5.74. The van der Waals surface area contributed by atoms with Crippen LogP contribution >= 0.6 is 0 Å². The van der Waals surface area contributed by atoms with E-state index in [1.807, 2.05) is 0 Å². The number of allylic oxidation sites excluding steroid dienone is 2. The molecule has 0 heterocycles. The van der Waals surface area contributed by atoms with Gasteiger partial charge in [-0.2, -0.15) is 5.10 Å². The molecule has 3 aliphatic rings. The van der Waals surface area contributed by atoms with Gasteiger partial charge in [-0.3, -0.25) is 14.9 Å². The first-order valence-corrected chi connectivity index (χ1v) is 7.87. The van der Waals surface area contributed by atoms with Crippen molar-refractivity contribution in [3.63, 3.8) is 0 Å². The van der Waals surface area contributed by atoms with Crippen LogP contribution in [0.1, 0.15) is 37.0 Å². The Bertz CT molecular complexity index is 767. The number of amides is 1. The van der Waals surface area contributed by atoms with Gasteiger partial charge in [-0.15, -0.1) is 0 Å². The van der Waals surface area contributed by atoms with Gasteiger partial charge in [0.15, 0.2) is 0 Å². The van der Waals surface area contributed by atoms with Gasteiger partial charge in [0.2, 0.25) is 0 Å². The molecule has 0 saturated heterocycles. The van der Waals surface area contributed by atoms with Crippen LogP contribution in [0.5, 0.6) is 0 Å². The number of carbonyl (C=O) groups excluding carboxylic acids is 1. The molecule has 1 aromatic carbocycles. The molecule has 2 atom stereocenters. The monoisotopic (exact) mass is 328 g/mol. The minimum Gasteiger partial charge on any atom is -0.399 e. The van der Waals surface area contributed by atoms with Gasteiger partial charge in [-0.1, -0.05) is 19.9 Å². The Morgan fingerprint density at radius 2 is 2.21 bits per heavy atom. The van der Waals surface area contributed by atoms with E-state index in [9.17, 15) is 14.9 Å². The minimum absolute atomic E-state index is 0.112. The fourth-order valence-corrected chi connectivity index (χ4v) is 3.65. The molecule has 3 aliphatic carbocycles. The van der Waals surface area contributed by atoms with Crippen LogP contribution in [-0.2, 0) is 0 Å². The van der Waals surface area contributed by atoms with Gasteiger partial charge in [-0.25, -0.2) is 5.43 Å². The number of hydrazone groups is 1. The highest BCUT2D eigenvalue weighted by atomic mass is 16.6. The maximum Gasteiger partial charge on any atom is 0.272 e. The van der Waals surface area contributed by atoms with E-state index >= 15 is 0 Å². The van der Waals surface area contributed by atoms with Gasteiger partial charge in [0.25, 0.3) is 11.6 Å². The lowest BCUT2D eigenvalue weighted by atomic mass is 9.49. The molecule has 0 radical (unpaired) electrons. The third kappa shape index (κ3) is 2.77. The number of nitro benzene ring substituents is 1. The Morgan fingerprint density at radius 1 is 1.46 bits per heavy atom. The second-order valence-corrected chi connectivity index (χ2v) is 7.02. The summed E-state index contributed by atoms with van der Waals surface area (Å²) in [6, 6.07) is 3.78. The van der Waals surface area contributed by atoms with Gasteiger partial charge < -0.3 is 5.73 Å². The molecule has 0 aliphatic heterocycles. The number of hydrogen-bond donors (Lipinski definition) is 2. The molecule has 3 N–H and O–H groups in total. The molecule has 2 unspecified atom stereocenters. The summed E-state index contributed by atoms with van der Waals surface area (Å²) < 4.78 is 0. The largest absolute Gasteiger partial charge is 0.399 e. The smallest absolute Gasteiger partial charge is 0.272 e. The zero-order valence-electron chi connectivity index (χ0n) is 13.7. The number of nitro groups is 1. The van der Waals surface area contributed by atoms with Crippen LogP contribution in [0.15, 0.2) is 34.9 Å². The van der Waals surface area contributed by atoms with Crippen LogP contribution < -0.4 is 11.2 Å². The van der Waals surface area contributed by atoms with Crippen LogP contribution in [-0.4, -0.2) is 17.0 Å². The summed E-state index contributed by atoms with van der Waals surface area (Å²) in [5, 5.41) is 14.8. The van der Waals surface area contributed by atoms with Crippen molar-refractivity contribution >= 4 is 23.5 Å². The zero-order chi connectivity index (χ0) is 17.5. The molecule has 1 fully saturated rings. The summed E-state index contributed by atoms with van der Waals surface area (Å²) in [6.45, 7) is 4.52. The fourth-order valence-electron chi connectivity index (χ4n) is 3.65. The number of rotatable bonds is 4. The minimum atomic E-state index is -0.585. The van der Waals surface area contributed by atoms with Crippen molar-refractivity contribution in [3.8, 4) is 0 Å². The van der Waals surface area contributed by atoms with E-state index < -0.39 is 10.8 Å². The number of anilines is 1. The van der Waals surface area contributed by atoms with E-state index in [1.165, 1.54) is 24.6 Å². The molecule has 7 nitrogen and oxygen atoms in total. The number of nitrogens with one attached hydrogen (secondary N) is 1. The number of nitrogens with two attached hydrogens (primary N) is 1. The number of nitrogens with zero attached hydrogens (tertiary/aromatic N) is 2. The van der Waals surface area contributed by atoms with Crippen molar-refractivity contribution in [1.82, 2.24) is 5.43 Å². The molecule has 24 heavy (non-hydrogen) atoms. The Balaban J connectivity index is 1.68. The third-order valence-electron chi connectivity index (χ3n) is 5.30. The van der Waals surface area contributed by atoms with Crippen LogP contribution in [0.2, 0.25) is 0 Å². The number of nitrogen functional groups attached to an aromatic ring is 1. The Labute approximate surface area is 139 Å². The number of carbonyl (C=O) groups is 1. The highest BCUT2D eigenvalue weighted by Crippen LogP contribution is 2.58. The van der Waals surface area contributed by atoms with Gasteiger partial charge in [-0.05, 0) is 41.7 Å². The lowest BCUT2D eigenvalue weighted by Crippen LogP contribution is -2.48. The van der Waals surface area contributed by atoms with Crippen LogP contribution in [0, 0.1) is 27.4 Å². The fraction of sp³-hybridized carbons (Fsp3) is 0.412. The molecule has 126 valence electrons. The molecule has 0 aromatic heterocycles. The molecule has 1 aromatic rings. The SMILES string of the molecule is CC1(C)C2CC=C(C=NNC(=O)c3cc(N)cc([N+](=O)[O-])c3)C1C2. The van der Waals surface area contributed by atoms with Gasteiger partial charge in [0.1, 0.15) is 0 Å². The molecule has 2 bridgehead atoms. The first-order chi connectivity index (χ1) is 11.3. The summed E-state index contributed by atoms with van der Waals surface area (Å²) in [6.07, 6.45) is 6.06. The van der Waals surface area contributed by atoms with Crippen LogP contribution in [0.3, 0.4) is 0 Å². The van der Waals surface area contributed by atoms with Crippen LogP contribution in [0.4, 0.5) is 11.4 Å². The number of fused-ring (bicyclic) bond motifs is 1. The van der Waals surface area contributed by atoms with Gasteiger partial charge in [0, 0.05) is 17.8 Å². The summed E-state index contributed by atoms with van der Waals surface area (Å²) in [7, 11) is 0. The summed E-state index contributed by atoms with van der Waals surface area (Å²) in [5.41, 5.74) is 9.50. The maximum absolute atomic E-state index is 12.1. The lowest BCUT2D eigenvalue weighted by molar-refractivity contribution is -0.384. The predicted octanol–water partition coefficient (Wildman–Crippen LogP) is 2.89. The number of benzene rings is 1. The summed E-state index contributed by atoms with van der Waals surface area (Å²) in [4.78, 5) is 22.4. The average molecular weight is 328 g/mol. The normalized spacial score (nSPS) is 24.2. The molecule has 1 amide bonds. The van der Waals surface area contributed by atoms with Gasteiger partial charge in [0.05, 0.1) is 16.7 Å². The van der Waals surface area contributed by atoms with Crippen molar-refractivity contribution in [3.05, 3.63) is 45.5 Å². The van der Waals surface area contributed by atoms with E-state index in [1.54, 1.807) is 6.21 Å².